The molecule has 0 fully saturated rings. The van der Waals surface area contributed by atoms with Gasteiger partial charge >= 0.3 is 0 Å². The zero-order valence-electron chi connectivity index (χ0n) is 12.0. The van der Waals surface area contributed by atoms with Gasteiger partial charge in [-0.15, -0.1) is 0 Å². The van der Waals surface area contributed by atoms with E-state index in [1.807, 2.05) is 6.07 Å². The average Bonchev–Trinajstić information content (AvgIpc) is 2.52. The monoisotopic (exact) mass is 298 g/mol. The number of rotatable bonds is 5. The van der Waals surface area contributed by atoms with E-state index in [4.69, 9.17) is 5.26 Å². The second kappa shape index (κ2) is 6.83. The lowest BCUT2D eigenvalue weighted by atomic mass is 10.1. The lowest BCUT2D eigenvalue weighted by Gasteiger charge is -2.15. The van der Waals surface area contributed by atoms with Crippen molar-refractivity contribution in [2.45, 2.75) is 13.0 Å². The van der Waals surface area contributed by atoms with Crippen LogP contribution in [0, 0.1) is 17.1 Å². The third kappa shape index (κ3) is 3.68. The second-order valence-electron chi connectivity index (χ2n) is 4.88. The van der Waals surface area contributed by atoms with Gasteiger partial charge in [-0.05, 0) is 42.8 Å². The number of halogens is 1. The van der Waals surface area contributed by atoms with Crippen LogP contribution >= 0.6 is 0 Å². The molecule has 112 valence electrons. The first-order valence-corrected chi connectivity index (χ1v) is 6.73. The molecule has 0 aliphatic carbocycles. The minimum Gasteiger partial charge on any atom is -0.387 e. The summed E-state index contributed by atoms with van der Waals surface area (Å²) in [5, 5.41) is 21.9. The van der Waals surface area contributed by atoms with Crippen molar-refractivity contribution in [2.75, 3.05) is 11.9 Å². The number of aliphatic hydroxyl groups excluding tert-OH is 1. The molecule has 0 aromatic heterocycles. The van der Waals surface area contributed by atoms with Crippen LogP contribution < -0.4 is 5.32 Å². The van der Waals surface area contributed by atoms with E-state index >= 15 is 0 Å². The lowest BCUT2D eigenvalue weighted by molar-refractivity contribution is 0.101. The van der Waals surface area contributed by atoms with E-state index in [2.05, 4.69) is 5.32 Å². The van der Waals surface area contributed by atoms with Crippen molar-refractivity contribution in [2.24, 2.45) is 0 Å². The van der Waals surface area contributed by atoms with Gasteiger partial charge in [0.25, 0.3) is 0 Å². The van der Waals surface area contributed by atoms with E-state index in [1.54, 1.807) is 24.3 Å². The standard InChI is InChI=1S/C17H15FN2O2/c1-11(21)15-6-5-12(9-19)7-16(15)20-10-17(22)13-3-2-4-14(18)8-13/h2-8,17,20,22H,10H2,1H3. The Balaban J connectivity index is 2.17. The van der Waals surface area contributed by atoms with Crippen LogP contribution in [0.2, 0.25) is 0 Å². The largest absolute Gasteiger partial charge is 0.387 e. The fourth-order valence-corrected chi connectivity index (χ4v) is 2.11. The van der Waals surface area contributed by atoms with Gasteiger partial charge in [0, 0.05) is 17.8 Å². The van der Waals surface area contributed by atoms with Gasteiger partial charge in [-0.1, -0.05) is 12.1 Å². The van der Waals surface area contributed by atoms with E-state index in [9.17, 15) is 14.3 Å². The van der Waals surface area contributed by atoms with Crippen molar-refractivity contribution in [1.29, 1.82) is 5.26 Å². The molecule has 22 heavy (non-hydrogen) atoms. The third-order valence-electron chi connectivity index (χ3n) is 3.25. The number of nitrogens with zero attached hydrogens (tertiary/aromatic N) is 1. The van der Waals surface area contributed by atoms with Gasteiger partial charge in [-0.3, -0.25) is 4.79 Å². The summed E-state index contributed by atoms with van der Waals surface area (Å²) in [6, 6.07) is 12.4. The van der Waals surface area contributed by atoms with Crippen molar-refractivity contribution in [3.05, 3.63) is 65.0 Å². The average molecular weight is 298 g/mol. The molecule has 2 aromatic rings. The molecule has 0 aliphatic rings. The molecule has 2 rings (SSSR count). The molecule has 1 atom stereocenters. The molecule has 0 saturated carbocycles. The Morgan fingerprint density at radius 1 is 1.36 bits per heavy atom. The molecule has 5 heteroatoms. The molecule has 0 spiro atoms. The highest BCUT2D eigenvalue weighted by molar-refractivity contribution is 5.99. The Hall–Kier alpha value is -2.71. The van der Waals surface area contributed by atoms with Gasteiger partial charge in [0.2, 0.25) is 0 Å². The molecule has 0 radical (unpaired) electrons. The number of nitrogens with one attached hydrogen (secondary N) is 1. The molecule has 0 bridgehead atoms. The summed E-state index contributed by atoms with van der Waals surface area (Å²) in [5.41, 5.74) is 1.76. The highest BCUT2D eigenvalue weighted by Crippen LogP contribution is 2.20. The molecule has 1 unspecified atom stereocenters. The Morgan fingerprint density at radius 3 is 2.77 bits per heavy atom. The van der Waals surface area contributed by atoms with Gasteiger partial charge < -0.3 is 10.4 Å². The molecule has 0 aliphatic heterocycles. The molecule has 2 aromatic carbocycles. The van der Waals surface area contributed by atoms with E-state index in [0.29, 0.717) is 22.4 Å². The summed E-state index contributed by atoms with van der Waals surface area (Å²) in [7, 11) is 0. The zero-order chi connectivity index (χ0) is 16.1. The number of hydrogen-bond donors (Lipinski definition) is 2. The summed E-state index contributed by atoms with van der Waals surface area (Å²) in [4.78, 5) is 11.6. The fourth-order valence-electron chi connectivity index (χ4n) is 2.11. The summed E-state index contributed by atoms with van der Waals surface area (Å²) < 4.78 is 13.1. The summed E-state index contributed by atoms with van der Waals surface area (Å²) >= 11 is 0. The van der Waals surface area contributed by atoms with Crippen LogP contribution in [0.3, 0.4) is 0 Å². The van der Waals surface area contributed by atoms with Crippen molar-refractivity contribution >= 4 is 11.5 Å². The SMILES string of the molecule is CC(=O)c1ccc(C#N)cc1NCC(O)c1cccc(F)c1. The van der Waals surface area contributed by atoms with Crippen LogP contribution in [0.25, 0.3) is 0 Å². The highest BCUT2D eigenvalue weighted by atomic mass is 19.1. The number of carbonyl (C=O) groups is 1. The van der Waals surface area contributed by atoms with Crippen LogP contribution in [0.15, 0.2) is 42.5 Å². The van der Waals surface area contributed by atoms with Crippen LogP contribution in [-0.4, -0.2) is 17.4 Å². The van der Waals surface area contributed by atoms with E-state index in [-0.39, 0.29) is 12.3 Å². The maximum Gasteiger partial charge on any atom is 0.161 e. The van der Waals surface area contributed by atoms with Crippen LogP contribution in [0.4, 0.5) is 10.1 Å². The van der Waals surface area contributed by atoms with Crippen molar-refractivity contribution in [3.63, 3.8) is 0 Å². The normalized spacial score (nSPS) is 11.5. The van der Waals surface area contributed by atoms with Gasteiger partial charge in [-0.25, -0.2) is 4.39 Å². The summed E-state index contributed by atoms with van der Waals surface area (Å²) in [6.07, 6.45) is -0.929. The highest BCUT2D eigenvalue weighted by Gasteiger charge is 2.12. The Kier molecular flexibility index (Phi) is 4.87. The zero-order valence-corrected chi connectivity index (χ0v) is 12.0. The van der Waals surface area contributed by atoms with Crippen LogP contribution in [0.1, 0.15) is 34.5 Å². The second-order valence-corrected chi connectivity index (χ2v) is 4.88. The molecular weight excluding hydrogens is 283 g/mol. The Labute approximate surface area is 127 Å². The predicted octanol–water partition coefficient (Wildman–Crippen LogP) is 3.05. The van der Waals surface area contributed by atoms with Crippen LogP contribution in [-0.2, 0) is 0 Å². The van der Waals surface area contributed by atoms with Gasteiger partial charge in [0.05, 0.1) is 17.7 Å². The van der Waals surface area contributed by atoms with Crippen molar-refractivity contribution in [1.82, 2.24) is 0 Å². The number of nitriles is 1. The fraction of sp³-hybridized carbons (Fsp3) is 0.176. The topological polar surface area (TPSA) is 73.1 Å². The number of ketones is 1. The van der Waals surface area contributed by atoms with Crippen molar-refractivity contribution < 1.29 is 14.3 Å². The number of hydrogen-bond acceptors (Lipinski definition) is 4. The molecule has 2 N–H and O–H groups in total. The number of aliphatic hydroxyl groups is 1. The number of anilines is 1. The first-order valence-electron chi connectivity index (χ1n) is 6.73. The van der Waals surface area contributed by atoms with Gasteiger partial charge in [0.1, 0.15) is 5.82 Å². The first kappa shape index (κ1) is 15.7. The smallest absolute Gasteiger partial charge is 0.161 e. The number of benzene rings is 2. The third-order valence-corrected chi connectivity index (χ3v) is 3.25. The Bertz CT molecular complexity index is 738. The first-order chi connectivity index (χ1) is 10.5. The molecule has 0 heterocycles. The minimum absolute atomic E-state index is 0.0958. The maximum atomic E-state index is 13.1. The minimum atomic E-state index is -0.929. The lowest BCUT2D eigenvalue weighted by Crippen LogP contribution is -2.14. The van der Waals surface area contributed by atoms with Gasteiger partial charge in [0.15, 0.2) is 5.78 Å². The summed E-state index contributed by atoms with van der Waals surface area (Å²) in [6.45, 7) is 1.52. The van der Waals surface area contributed by atoms with E-state index in [0.717, 1.165) is 0 Å². The predicted molar refractivity (Wildman–Crippen MR) is 81.0 cm³/mol. The number of Topliss-reactive ketones (excluding diaryl/α,β-unsaturated/α-hetero) is 1. The molecule has 0 saturated heterocycles. The maximum absolute atomic E-state index is 13.1. The number of carbonyl (C=O) groups excluding carboxylic acids is 1. The van der Waals surface area contributed by atoms with E-state index in [1.165, 1.54) is 25.1 Å². The van der Waals surface area contributed by atoms with Crippen molar-refractivity contribution in [3.8, 4) is 6.07 Å². The van der Waals surface area contributed by atoms with Crippen LogP contribution in [0.5, 0.6) is 0 Å². The molecule has 0 amide bonds. The molecule has 4 nitrogen and oxygen atoms in total. The Morgan fingerprint density at radius 2 is 2.14 bits per heavy atom. The van der Waals surface area contributed by atoms with Gasteiger partial charge in [-0.2, -0.15) is 5.26 Å². The quantitative estimate of drug-likeness (QED) is 0.832. The summed E-state index contributed by atoms with van der Waals surface area (Å²) in [5.74, 6) is -0.570. The van der Waals surface area contributed by atoms with E-state index < -0.39 is 11.9 Å². The molecular formula is C17H15FN2O2.